The van der Waals surface area contributed by atoms with E-state index in [0.29, 0.717) is 0 Å². The second kappa shape index (κ2) is 10.6. The van der Waals surface area contributed by atoms with Gasteiger partial charge in [-0.05, 0) is 23.3 Å². The van der Waals surface area contributed by atoms with E-state index in [2.05, 4.69) is 0 Å². The molecule has 0 bridgehead atoms. The lowest BCUT2D eigenvalue weighted by molar-refractivity contribution is -0.118. The summed E-state index contributed by atoms with van der Waals surface area (Å²) in [6.45, 7) is 0.259. The summed E-state index contributed by atoms with van der Waals surface area (Å²) in [5.74, 6) is -1.27. The van der Waals surface area contributed by atoms with Gasteiger partial charge in [0, 0.05) is 38.0 Å². The summed E-state index contributed by atoms with van der Waals surface area (Å²) >= 11 is 0. The molecular weight excluding hydrogens is 480 g/mol. The van der Waals surface area contributed by atoms with Crippen molar-refractivity contribution in [1.29, 1.82) is 0 Å². The van der Waals surface area contributed by atoms with E-state index < -0.39 is 17.1 Å². The number of anilines is 1. The van der Waals surface area contributed by atoms with Crippen molar-refractivity contribution >= 4 is 17.5 Å². The molecule has 0 saturated carbocycles. The maximum Gasteiger partial charge on any atom is 0.277 e. The van der Waals surface area contributed by atoms with Gasteiger partial charge in [0.1, 0.15) is 6.67 Å². The minimum Gasteiger partial charge on any atom is -0.502 e. The van der Waals surface area contributed by atoms with E-state index >= 15 is 0 Å². The molecule has 0 saturated heterocycles. The monoisotopic (exact) mass is 508 g/mol. The van der Waals surface area contributed by atoms with Crippen LogP contribution in [0.3, 0.4) is 0 Å². The molecule has 0 unspecified atom stereocenters. The molecule has 0 spiro atoms. The predicted octanol–water partition coefficient (Wildman–Crippen LogP) is 3.75. The van der Waals surface area contributed by atoms with Crippen molar-refractivity contribution in [2.75, 3.05) is 30.2 Å². The first-order valence-electron chi connectivity index (χ1n) is 12.4. The number of carbonyl (C=O) groups is 2. The Morgan fingerprint density at radius 2 is 1.42 bits per heavy atom. The number of aromatic nitrogens is 1. The Hall–Kier alpha value is -4.85. The summed E-state index contributed by atoms with van der Waals surface area (Å²) in [7, 11) is 1.70. The number of hydrogen-bond donors (Lipinski definition) is 1. The van der Waals surface area contributed by atoms with Gasteiger partial charge in [0.05, 0.1) is 6.04 Å². The molecule has 1 aliphatic heterocycles. The average Bonchev–Trinajstić information content (AvgIpc) is 2.96. The van der Waals surface area contributed by atoms with Gasteiger partial charge >= 0.3 is 0 Å². The summed E-state index contributed by atoms with van der Waals surface area (Å²) < 4.78 is 1.55. The zero-order valence-electron chi connectivity index (χ0n) is 21.0. The molecule has 0 radical (unpaired) electrons. The van der Waals surface area contributed by atoms with E-state index in [4.69, 9.17) is 0 Å². The van der Waals surface area contributed by atoms with Crippen LogP contribution in [0.1, 0.15) is 34.1 Å². The van der Waals surface area contributed by atoms with Crippen LogP contribution in [0, 0.1) is 0 Å². The van der Waals surface area contributed by atoms with Gasteiger partial charge in [-0.25, -0.2) is 0 Å². The SMILES string of the molecule is CN(C(=O)CCN1CN(C(c2ccccc2)c2ccccc2)n2ccc(=O)c(O)c2C1=O)c1ccccc1. The number of para-hydroxylation sites is 1. The highest BCUT2D eigenvalue weighted by Crippen LogP contribution is 2.32. The smallest absolute Gasteiger partial charge is 0.277 e. The quantitative estimate of drug-likeness (QED) is 0.411. The molecule has 192 valence electrons. The van der Waals surface area contributed by atoms with Crippen LogP contribution >= 0.6 is 0 Å². The largest absolute Gasteiger partial charge is 0.502 e. The van der Waals surface area contributed by atoms with Crippen molar-refractivity contribution in [1.82, 2.24) is 9.58 Å². The molecule has 0 atom stereocenters. The zero-order chi connectivity index (χ0) is 26.6. The number of hydrogen-bond acceptors (Lipinski definition) is 5. The Morgan fingerprint density at radius 3 is 2.00 bits per heavy atom. The highest BCUT2D eigenvalue weighted by Gasteiger charge is 2.36. The number of aromatic hydroxyl groups is 1. The fraction of sp³-hybridized carbons (Fsp3) is 0.167. The highest BCUT2D eigenvalue weighted by atomic mass is 16.3. The molecule has 8 nitrogen and oxygen atoms in total. The van der Waals surface area contributed by atoms with Crippen molar-refractivity contribution in [2.45, 2.75) is 12.5 Å². The first-order chi connectivity index (χ1) is 18.5. The molecule has 4 aromatic rings. The number of carbonyl (C=O) groups excluding carboxylic acids is 2. The van der Waals surface area contributed by atoms with Gasteiger partial charge in [-0.3, -0.25) is 24.1 Å². The lowest BCUT2D eigenvalue weighted by Gasteiger charge is -2.44. The van der Waals surface area contributed by atoms with Crippen molar-refractivity contribution in [3.05, 3.63) is 130 Å². The van der Waals surface area contributed by atoms with Gasteiger partial charge in [0.25, 0.3) is 5.91 Å². The minimum atomic E-state index is -0.637. The Labute approximate surface area is 220 Å². The summed E-state index contributed by atoms with van der Waals surface area (Å²) in [4.78, 5) is 41.9. The van der Waals surface area contributed by atoms with E-state index in [1.807, 2.05) is 96.0 Å². The zero-order valence-corrected chi connectivity index (χ0v) is 21.0. The van der Waals surface area contributed by atoms with E-state index in [1.165, 1.54) is 17.2 Å². The summed E-state index contributed by atoms with van der Waals surface area (Å²) in [5, 5.41) is 12.6. The van der Waals surface area contributed by atoms with Crippen molar-refractivity contribution in [2.24, 2.45) is 0 Å². The average molecular weight is 509 g/mol. The molecule has 8 heteroatoms. The molecule has 2 amide bonds. The van der Waals surface area contributed by atoms with Crippen LogP contribution in [-0.2, 0) is 4.79 Å². The lowest BCUT2D eigenvalue weighted by Crippen LogP contribution is -2.56. The van der Waals surface area contributed by atoms with E-state index in [-0.39, 0.29) is 37.3 Å². The molecule has 1 N–H and O–H groups in total. The molecule has 38 heavy (non-hydrogen) atoms. The standard InChI is InChI=1S/C30H28N4O4/c1-31(24-15-9-4-10-16-24)26(36)18-19-32-21-34(33-20-17-25(35)29(37)28(33)30(32)38)27(22-11-5-2-6-12-22)23-13-7-3-8-14-23/h2-17,20,27,37H,18-19,21H2,1H3. The van der Waals surface area contributed by atoms with Crippen molar-refractivity contribution < 1.29 is 14.7 Å². The van der Waals surface area contributed by atoms with E-state index in [9.17, 15) is 19.5 Å². The van der Waals surface area contributed by atoms with Gasteiger partial charge < -0.3 is 14.9 Å². The topological polar surface area (TPSA) is 86.1 Å². The summed E-state index contributed by atoms with van der Waals surface area (Å²) in [6.07, 6.45) is 1.59. The van der Waals surface area contributed by atoms with Gasteiger partial charge in [-0.2, -0.15) is 0 Å². The van der Waals surface area contributed by atoms with Crippen molar-refractivity contribution in [3.8, 4) is 5.75 Å². The van der Waals surface area contributed by atoms with Gasteiger partial charge in [0.2, 0.25) is 11.3 Å². The fourth-order valence-electron chi connectivity index (χ4n) is 4.77. The normalized spacial score (nSPS) is 12.9. The van der Waals surface area contributed by atoms with Gasteiger partial charge in [0.15, 0.2) is 11.4 Å². The molecule has 0 aliphatic carbocycles. The number of rotatable bonds is 7. The van der Waals surface area contributed by atoms with Gasteiger partial charge in [-0.15, -0.1) is 0 Å². The number of pyridine rings is 1. The van der Waals surface area contributed by atoms with Gasteiger partial charge in [-0.1, -0.05) is 78.9 Å². The maximum atomic E-state index is 13.5. The molecule has 5 rings (SSSR count). The third-order valence-corrected chi connectivity index (χ3v) is 6.78. The fourth-order valence-corrected chi connectivity index (χ4v) is 4.77. The molecule has 1 aromatic heterocycles. The molecule has 3 aromatic carbocycles. The number of amides is 2. The Balaban J connectivity index is 1.52. The number of fused-ring (bicyclic) bond motifs is 1. The minimum absolute atomic E-state index is 0.0736. The molecule has 2 heterocycles. The summed E-state index contributed by atoms with van der Waals surface area (Å²) in [6, 6.07) is 29.8. The van der Waals surface area contributed by atoms with E-state index in [1.54, 1.807) is 16.6 Å². The second-order valence-electron chi connectivity index (χ2n) is 9.13. The predicted molar refractivity (Wildman–Crippen MR) is 146 cm³/mol. The van der Waals surface area contributed by atoms with Crippen LogP contribution in [0.4, 0.5) is 5.69 Å². The van der Waals surface area contributed by atoms with Crippen LogP contribution in [0.2, 0.25) is 0 Å². The highest BCUT2D eigenvalue weighted by molar-refractivity contribution is 5.97. The van der Waals surface area contributed by atoms with Crippen LogP contribution in [0.5, 0.6) is 5.75 Å². The second-order valence-corrected chi connectivity index (χ2v) is 9.13. The lowest BCUT2D eigenvalue weighted by atomic mass is 9.98. The first-order valence-corrected chi connectivity index (χ1v) is 12.4. The third kappa shape index (κ3) is 4.76. The maximum absolute atomic E-state index is 13.5. The molecule has 0 fully saturated rings. The first kappa shape index (κ1) is 24.8. The number of benzene rings is 3. The number of nitrogens with zero attached hydrogens (tertiary/aromatic N) is 4. The molecule has 1 aliphatic rings. The van der Waals surface area contributed by atoms with E-state index in [0.717, 1.165) is 16.8 Å². The Bertz CT molecular complexity index is 1450. The van der Waals surface area contributed by atoms with Crippen LogP contribution < -0.4 is 15.3 Å². The van der Waals surface area contributed by atoms with Crippen LogP contribution in [-0.4, -0.2) is 46.8 Å². The third-order valence-electron chi connectivity index (χ3n) is 6.78. The van der Waals surface area contributed by atoms with Crippen LogP contribution in [0.15, 0.2) is 108 Å². The van der Waals surface area contributed by atoms with Crippen LogP contribution in [0.25, 0.3) is 0 Å². The Morgan fingerprint density at radius 1 is 0.868 bits per heavy atom. The Kier molecular flexibility index (Phi) is 6.95. The van der Waals surface area contributed by atoms with Crippen molar-refractivity contribution in [3.63, 3.8) is 0 Å². The summed E-state index contributed by atoms with van der Waals surface area (Å²) in [5.41, 5.74) is 1.94. The molecular formula is C30H28N4O4.